The number of nitrogens with zero attached hydrogens (tertiary/aromatic N) is 5. The molecule has 0 fully saturated rings. The SMILES string of the molecule is CCN1CCn2nc(CNc3cnccn3)cc2C1. The van der Waals surface area contributed by atoms with Gasteiger partial charge in [0, 0.05) is 25.5 Å². The van der Waals surface area contributed by atoms with E-state index < -0.39 is 0 Å². The first-order chi connectivity index (χ1) is 9.35. The van der Waals surface area contributed by atoms with E-state index in [1.165, 1.54) is 5.69 Å². The van der Waals surface area contributed by atoms with Crippen molar-refractivity contribution >= 4 is 5.82 Å². The van der Waals surface area contributed by atoms with E-state index in [4.69, 9.17) is 0 Å². The van der Waals surface area contributed by atoms with Crippen LogP contribution in [0.15, 0.2) is 24.7 Å². The van der Waals surface area contributed by atoms with Crippen LogP contribution in [0, 0.1) is 0 Å². The summed E-state index contributed by atoms with van der Waals surface area (Å²) in [4.78, 5) is 10.6. The normalized spacial score (nSPS) is 15.2. The summed E-state index contributed by atoms with van der Waals surface area (Å²) in [6.45, 7) is 7.04. The molecule has 0 aromatic carbocycles. The Morgan fingerprint density at radius 3 is 3.05 bits per heavy atom. The first-order valence-electron chi connectivity index (χ1n) is 6.63. The third-order valence-corrected chi connectivity index (χ3v) is 3.39. The molecular weight excluding hydrogens is 240 g/mol. The first-order valence-corrected chi connectivity index (χ1v) is 6.63. The van der Waals surface area contributed by atoms with Crippen LogP contribution >= 0.6 is 0 Å². The van der Waals surface area contributed by atoms with Gasteiger partial charge in [-0.2, -0.15) is 5.10 Å². The fourth-order valence-corrected chi connectivity index (χ4v) is 2.31. The van der Waals surface area contributed by atoms with Crippen molar-refractivity contribution in [1.29, 1.82) is 0 Å². The number of nitrogens with one attached hydrogen (secondary N) is 1. The van der Waals surface area contributed by atoms with Gasteiger partial charge in [-0.3, -0.25) is 14.6 Å². The van der Waals surface area contributed by atoms with Crippen LogP contribution in [-0.4, -0.2) is 37.7 Å². The summed E-state index contributed by atoms with van der Waals surface area (Å²) in [5.41, 5.74) is 2.35. The van der Waals surface area contributed by atoms with Crippen molar-refractivity contribution in [2.24, 2.45) is 0 Å². The summed E-state index contributed by atoms with van der Waals surface area (Å²) in [7, 11) is 0. The molecule has 0 saturated carbocycles. The number of fused-ring (bicyclic) bond motifs is 1. The van der Waals surface area contributed by atoms with E-state index in [1.54, 1.807) is 18.6 Å². The van der Waals surface area contributed by atoms with Gasteiger partial charge < -0.3 is 5.32 Å². The molecule has 100 valence electrons. The summed E-state index contributed by atoms with van der Waals surface area (Å²) in [5, 5.41) is 7.85. The highest BCUT2D eigenvalue weighted by Crippen LogP contribution is 2.14. The van der Waals surface area contributed by atoms with Crippen LogP contribution in [0.1, 0.15) is 18.3 Å². The molecule has 1 N–H and O–H groups in total. The smallest absolute Gasteiger partial charge is 0.144 e. The predicted octanol–water partition coefficient (Wildman–Crippen LogP) is 1.12. The zero-order valence-electron chi connectivity index (χ0n) is 11.1. The van der Waals surface area contributed by atoms with Crippen molar-refractivity contribution in [1.82, 2.24) is 24.6 Å². The molecule has 6 nitrogen and oxygen atoms in total. The van der Waals surface area contributed by atoms with Gasteiger partial charge in [0.05, 0.1) is 30.7 Å². The minimum atomic E-state index is 0.685. The van der Waals surface area contributed by atoms with Gasteiger partial charge in [0.25, 0.3) is 0 Å². The number of rotatable bonds is 4. The van der Waals surface area contributed by atoms with E-state index in [0.29, 0.717) is 6.54 Å². The Morgan fingerprint density at radius 2 is 2.26 bits per heavy atom. The van der Waals surface area contributed by atoms with Gasteiger partial charge in [-0.1, -0.05) is 6.92 Å². The molecule has 0 atom stereocenters. The van der Waals surface area contributed by atoms with E-state index in [0.717, 1.165) is 37.7 Å². The van der Waals surface area contributed by atoms with Gasteiger partial charge >= 0.3 is 0 Å². The van der Waals surface area contributed by atoms with Gasteiger partial charge in [-0.05, 0) is 12.6 Å². The largest absolute Gasteiger partial charge is 0.363 e. The van der Waals surface area contributed by atoms with Crippen molar-refractivity contribution in [2.75, 3.05) is 18.4 Å². The quantitative estimate of drug-likeness (QED) is 0.890. The van der Waals surface area contributed by atoms with E-state index in [1.807, 2.05) is 0 Å². The molecule has 3 rings (SSSR count). The molecule has 0 saturated heterocycles. The highest BCUT2D eigenvalue weighted by Gasteiger charge is 2.16. The average molecular weight is 258 g/mol. The molecule has 0 amide bonds. The molecule has 1 aliphatic rings. The maximum absolute atomic E-state index is 4.61. The Labute approximate surface area is 112 Å². The Morgan fingerprint density at radius 1 is 1.32 bits per heavy atom. The van der Waals surface area contributed by atoms with Gasteiger partial charge in [0.15, 0.2) is 0 Å². The van der Waals surface area contributed by atoms with Crippen molar-refractivity contribution in [3.8, 4) is 0 Å². The third kappa shape index (κ3) is 2.73. The van der Waals surface area contributed by atoms with Crippen LogP contribution in [0.5, 0.6) is 0 Å². The average Bonchev–Trinajstić information content (AvgIpc) is 2.88. The highest BCUT2D eigenvalue weighted by molar-refractivity contribution is 5.31. The number of anilines is 1. The van der Waals surface area contributed by atoms with Crippen molar-refractivity contribution < 1.29 is 0 Å². The number of hydrogen-bond donors (Lipinski definition) is 1. The molecule has 2 aromatic heterocycles. The van der Waals surface area contributed by atoms with Gasteiger partial charge in [-0.15, -0.1) is 0 Å². The molecule has 3 heterocycles. The topological polar surface area (TPSA) is 58.9 Å². The lowest BCUT2D eigenvalue weighted by molar-refractivity contribution is 0.224. The summed E-state index contributed by atoms with van der Waals surface area (Å²) < 4.78 is 2.11. The third-order valence-electron chi connectivity index (χ3n) is 3.39. The zero-order valence-corrected chi connectivity index (χ0v) is 11.1. The van der Waals surface area contributed by atoms with Crippen LogP contribution in [0.2, 0.25) is 0 Å². The molecule has 0 spiro atoms. The number of hydrogen-bond acceptors (Lipinski definition) is 5. The molecule has 2 aromatic rings. The second-order valence-corrected chi connectivity index (χ2v) is 4.66. The summed E-state index contributed by atoms with van der Waals surface area (Å²) in [5.74, 6) is 0.781. The second kappa shape index (κ2) is 5.36. The molecular formula is C13H18N6. The molecule has 1 aliphatic heterocycles. The Kier molecular flexibility index (Phi) is 3.41. The maximum atomic E-state index is 4.61. The lowest BCUT2D eigenvalue weighted by atomic mass is 10.3. The molecule has 19 heavy (non-hydrogen) atoms. The van der Waals surface area contributed by atoms with E-state index in [9.17, 15) is 0 Å². The first kappa shape index (κ1) is 12.1. The van der Waals surface area contributed by atoms with Crippen LogP contribution in [0.3, 0.4) is 0 Å². The maximum Gasteiger partial charge on any atom is 0.144 e. The minimum Gasteiger partial charge on any atom is -0.363 e. The highest BCUT2D eigenvalue weighted by atomic mass is 15.3. The predicted molar refractivity (Wildman–Crippen MR) is 72.5 cm³/mol. The van der Waals surface area contributed by atoms with Gasteiger partial charge in [-0.25, -0.2) is 4.98 Å². The number of aromatic nitrogens is 4. The van der Waals surface area contributed by atoms with E-state index in [-0.39, 0.29) is 0 Å². The Balaban J connectivity index is 1.65. The van der Waals surface area contributed by atoms with Crippen LogP contribution in [-0.2, 0) is 19.6 Å². The molecule has 0 bridgehead atoms. The zero-order chi connectivity index (χ0) is 13.1. The van der Waals surface area contributed by atoms with Crippen molar-refractivity contribution in [3.63, 3.8) is 0 Å². The molecule has 0 unspecified atom stereocenters. The standard InChI is InChI=1S/C13H18N6/c1-2-18-5-6-19-12(10-18)7-11(17-19)8-16-13-9-14-3-4-15-13/h3-4,7,9H,2,5-6,8,10H2,1H3,(H,15,16). The van der Waals surface area contributed by atoms with E-state index >= 15 is 0 Å². The molecule has 0 radical (unpaired) electrons. The van der Waals surface area contributed by atoms with Crippen molar-refractivity contribution in [2.45, 2.75) is 26.6 Å². The fraction of sp³-hybridized carbons (Fsp3) is 0.462. The fourth-order valence-electron chi connectivity index (χ4n) is 2.31. The van der Waals surface area contributed by atoms with E-state index in [2.05, 4.69) is 43.0 Å². The summed E-state index contributed by atoms with van der Waals surface area (Å²) in [6, 6.07) is 2.17. The lowest BCUT2D eigenvalue weighted by Gasteiger charge is -2.25. The number of likely N-dealkylation sites (N-methyl/N-ethyl adjacent to an activating group) is 1. The van der Waals surface area contributed by atoms with Gasteiger partial charge in [0.1, 0.15) is 5.82 Å². The second-order valence-electron chi connectivity index (χ2n) is 4.66. The molecule has 0 aliphatic carbocycles. The Bertz CT molecular complexity index is 535. The minimum absolute atomic E-state index is 0.685. The summed E-state index contributed by atoms with van der Waals surface area (Å²) in [6.07, 6.45) is 5.06. The lowest BCUT2D eigenvalue weighted by Crippen LogP contribution is -2.33. The van der Waals surface area contributed by atoms with Crippen molar-refractivity contribution in [3.05, 3.63) is 36.0 Å². The summed E-state index contributed by atoms with van der Waals surface area (Å²) >= 11 is 0. The van der Waals surface area contributed by atoms with Crippen LogP contribution in [0.25, 0.3) is 0 Å². The van der Waals surface area contributed by atoms with Gasteiger partial charge in [0.2, 0.25) is 0 Å². The Hall–Kier alpha value is -1.95. The molecule has 6 heteroatoms. The van der Waals surface area contributed by atoms with Crippen LogP contribution < -0.4 is 5.32 Å². The van der Waals surface area contributed by atoms with Crippen LogP contribution in [0.4, 0.5) is 5.82 Å². The monoisotopic (exact) mass is 258 g/mol.